The molecular formula is C16H18F2N4O. The molecule has 0 unspecified atom stereocenters. The van der Waals surface area contributed by atoms with Gasteiger partial charge >= 0.3 is 0 Å². The summed E-state index contributed by atoms with van der Waals surface area (Å²) in [5.74, 6) is -0.0310. The van der Waals surface area contributed by atoms with Gasteiger partial charge in [-0.3, -0.25) is 9.89 Å². The molecule has 1 aromatic heterocycles. The fraction of sp³-hybridized carbons (Fsp3) is 0.438. The molecule has 0 saturated carbocycles. The molecule has 23 heavy (non-hydrogen) atoms. The van der Waals surface area contributed by atoms with Gasteiger partial charge in [0.25, 0.3) is 0 Å². The summed E-state index contributed by atoms with van der Waals surface area (Å²) in [5, 5.41) is 19.1. The smallest absolute Gasteiger partial charge is 0.239 e. The van der Waals surface area contributed by atoms with Crippen LogP contribution in [0.5, 0.6) is 0 Å². The molecule has 1 heterocycles. The zero-order chi connectivity index (χ0) is 17.2. The van der Waals surface area contributed by atoms with Crippen LogP contribution in [0.3, 0.4) is 0 Å². The number of H-pyrrole nitrogens is 1. The van der Waals surface area contributed by atoms with Crippen molar-refractivity contribution in [3.8, 4) is 6.07 Å². The van der Waals surface area contributed by atoms with Crippen LogP contribution in [-0.4, -0.2) is 22.5 Å². The van der Waals surface area contributed by atoms with E-state index in [9.17, 15) is 13.6 Å². The number of nitrogens with zero attached hydrogens (tertiary/aromatic N) is 2. The van der Waals surface area contributed by atoms with Gasteiger partial charge in [0.05, 0.1) is 17.1 Å². The Bertz CT molecular complexity index is 774. The average Bonchev–Trinajstić information content (AvgIpc) is 2.77. The van der Waals surface area contributed by atoms with Crippen molar-refractivity contribution in [1.82, 2.24) is 10.2 Å². The number of rotatable bonds is 5. The van der Waals surface area contributed by atoms with Crippen molar-refractivity contribution in [2.75, 3.05) is 5.32 Å². The number of nitrogens with one attached hydrogen (secondary N) is 2. The monoisotopic (exact) mass is 320 g/mol. The third kappa shape index (κ3) is 4.03. The molecule has 0 fully saturated rings. The molecule has 0 aliphatic rings. The Morgan fingerprint density at radius 3 is 2.78 bits per heavy atom. The lowest BCUT2D eigenvalue weighted by atomic mass is 9.85. The predicted octanol–water partition coefficient (Wildman–Crippen LogP) is 3.75. The van der Waals surface area contributed by atoms with Crippen molar-refractivity contribution in [2.45, 2.75) is 40.0 Å². The van der Waals surface area contributed by atoms with E-state index in [2.05, 4.69) is 21.6 Å². The number of hydrogen-bond acceptors (Lipinski definition) is 3. The Kier molecular flexibility index (Phi) is 4.64. The van der Waals surface area contributed by atoms with E-state index in [1.165, 1.54) is 0 Å². The first-order chi connectivity index (χ1) is 10.7. The minimum Gasteiger partial charge on any atom is -0.309 e. The van der Waals surface area contributed by atoms with Crippen LogP contribution >= 0.6 is 0 Å². The third-order valence-electron chi connectivity index (χ3n) is 3.63. The average molecular weight is 320 g/mol. The molecule has 0 aliphatic heterocycles. The molecule has 122 valence electrons. The molecule has 0 aliphatic carbocycles. The molecule has 7 heteroatoms. The summed E-state index contributed by atoms with van der Waals surface area (Å²) >= 11 is 0. The molecule has 1 amide bonds. The van der Waals surface area contributed by atoms with Gasteiger partial charge in [-0.25, -0.2) is 8.78 Å². The maximum Gasteiger partial charge on any atom is 0.239 e. The van der Waals surface area contributed by atoms with Crippen molar-refractivity contribution in [3.05, 3.63) is 23.3 Å². The number of carbonyl (C=O) groups excluding carboxylic acids is 1. The predicted molar refractivity (Wildman–Crippen MR) is 83.2 cm³/mol. The number of amides is 1. The lowest BCUT2D eigenvalue weighted by Gasteiger charge is -2.22. The first kappa shape index (κ1) is 16.9. The standard InChI is InChI=1S/C16H18F2N4O/c1-9-4-11-12(5-10(9)8-19)21-22-15(11)20-14(23)7-16(2,3)6-13(17)18/h4-5,13H,6-7H2,1-3H3,(H2,20,21,22,23). The van der Waals surface area contributed by atoms with Crippen LogP contribution in [0.25, 0.3) is 10.9 Å². The lowest BCUT2D eigenvalue weighted by molar-refractivity contribution is -0.118. The van der Waals surface area contributed by atoms with Crippen LogP contribution in [0.4, 0.5) is 14.6 Å². The molecule has 0 radical (unpaired) electrons. The Labute approximate surface area is 132 Å². The van der Waals surface area contributed by atoms with Crippen LogP contribution in [0.1, 0.15) is 37.8 Å². The molecule has 0 spiro atoms. The Balaban J connectivity index is 2.18. The summed E-state index contributed by atoms with van der Waals surface area (Å²) in [6, 6.07) is 5.50. The van der Waals surface area contributed by atoms with Crippen molar-refractivity contribution in [3.63, 3.8) is 0 Å². The second-order valence-electron chi connectivity index (χ2n) is 6.38. The summed E-state index contributed by atoms with van der Waals surface area (Å²) in [5.41, 5.74) is 1.13. The maximum atomic E-state index is 12.5. The quantitative estimate of drug-likeness (QED) is 0.880. The highest BCUT2D eigenvalue weighted by Crippen LogP contribution is 2.30. The summed E-state index contributed by atoms with van der Waals surface area (Å²) in [7, 11) is 0. The molecule has 1 aromatic carbocycles. The number of alkyl halides is 2. The summed E-state index contributed by atoms with van der Waals surface area (Å²) in [6.07, 6.45) is -2.82. The molecule has 0 saturated heterocycles. The Hall–Kier alpha value is -2.49. The molecule has 2 N–H and O–H groups in total. The normalized spacial score (nSPS) is 11.7. The molecule has 0 bridgehead atoms. The molecule has 2 aromatic rings. The van der Waals surface area contributed by atoms with Gasteiger partial charge in [0.2, 0.25) is 12.3 Å². The fourth-order valence-electron chi connectivity index (χ4n) is 2.49. The number of aromatic amines is 1. The van der Waals surface area contributed by atoms with Gasteiger partial charge in [0.1, 0.15) is 0 Å². The highest BCUT2D eigenvalue weighted by Gasteiger charge is 2.26. The van der Waals surface area contributed by atoms with Crippen LogP contribution in [-0.2, 0) is 4.79 Å². The zero-order valence-electron chi connectivity index (χ0n) is 13.2. The van der Waals surface area contributed by atoms with E-state index in [0.29, 0.717) is 22.3 Å². The number of anilines is 1. The van der Waals surface area contributed by atoms with Crippen molar-refractivity contribution >= 4 is 22.6 Å². The molecule has 5 nitrogen and oxygen atoms in total. The van der Waals surface area contributed by atoms with Crippen LogP contribution in [0, 0.1) is 23.7 Å². The van der Waals surface area contributed by atoms with Gasteiger partial charge in [-0.2, -0.15) is 10.4 Å². The highest BCUT2D eigenvalue weighted by atomic mass is 19.3. The first-order valence-electron chi connectivity index (χ1n) is 7.18. The van der Waals surface area contributed by atoms with Crippen molar-refractivity contribution in [2.24, 2.45) is 5.41 Å². The van der Waals surface area contributed by atoms with Gasteiger partial charge in [-0.05, 0) is 30.0 Å². The summed E-state index contributed by atoms with van der Waals surface area (Å²) < 4.78 is 25.0. The fourth-order valence-corrected chi connectivity index (χ4v) is 2.49. The SMILES string of the molecule is Cc1cc2c(NC(=O)CC(C)(C)CC(F)F)n[nH]c2cc1C#N. The van der Waals surface area contributed by atoms with Gasteiger partial charge in [-0.15, -0.1) is 0 Å². The molecule has 2 rings (SSSR count). The van der Waals surface area contributed by atoms with Gasteiger partial charge < -0.3 is 5.32 Å². The lowest BCUT2D eigenvalue weighted by Crippen LogP contribution is -2.24. The number of halogens is 2. The van der Waals surface area contributed by atoms with E-state index in [0.717, 1.165) is 5.56 Å². The van der Waals surface area contributed by atoms with Crippen LogP contribution in [0.2, 0.25) is 0 Å². The Morgan fingerprint density at radius 2 is 2.17 bits per heavy atom. The number of carbonyl (C=O) groups is 1. The summed E-state index contributed by atoms with van der Waals surface area (Å²) in [6.45, 7) is 5.05. The third-order valence-corrected chi connectivity index (χ3v) is 3.63. The van der Waals surface area contributed by atoms with E-state index in [-0.39, 0.29) is 18.7 Å². The van der Waals surface area contributed by atoms with Crippen molar-refractivity contribution in [1.29, 1.82) is 5.26 Å². The molecule has 0 atom stereocenters. The van der Waals surface area contributed by atoms with Crippen LogP contribution in [0.15, 0.2) is 12.1 Å². The zero-order valence-corrected chi connectivity index (χ0v) is 13.2. The van der Waals surface area contributed by atoms with E-state index in [4.69, 9.17) is 5.26 Å². The largest absolute Gasteiger partial charge is 0.309 e. The van der Waals surface area contributed by atoms with Gasteiger partial charge in [-0.1, -0.05) is 13.8 Å². The van der Waals surface area contributed by atoms with E-state index in [1.54, 1.807) is 32.9 Å². The topological polar surface area (TPSA) is 81.6 Å². The number of nitriles is 1. The minimum atomic E-state index is -2.45. The van der Waals surface area contributed by atoms with Crippen LogP contribution < -0.4 is 5.32 Å². The Morgan fingerprint density at radius 1 is 1.48 bits per heavy atom. The van der Waals surface area contributed by atoms with Gasteiger partial charge in [0.15, 0.2) is 5.82 Å². The number of fused-ring (bicyclic) bond motifs is 1. The van der Waals surface area contributed by atoms with E-state index in [1.807, 2.05) is 0 Å². The highest BCUT2D eigenvalue weighted by molar-refractivity contribution is 6.00. The second-order valence-corrected chi connectivity index (χ2v) is 6.38. The first-order valence-corrected chi connectivity index (χ1v) is 7.18. The molecular weight excluding hydrogens is 302 g/mol. The van der Waals surface area contributed by atoms with Gasteiger partial charge in [0, 0.05) is 18.2 Å². The van der Waals surface area contributed by atoms with E-state index >= 15 is 0 Å². The number of benzene rings is 1. The number of hydrogen-bond donors (Lipinski definition) is 2. The second kappa shape index (κ2) is 6.32. The summed E-state index contributed by atoms with van der Waals surface area (Å²) in [4.78, 5) is 12.1. The van der Waals surface area contributed by atoms with Crippen molar-refractivity contribution < 1.29 is 13.6 Å². The number of aromatic nitrogens is 2. The maximum absolute atomic E-state index is 12.5. The van der Waals surface area contributed by atoms with E-state index < -0.39 is 11.8 Å². The number of aryl methyl sites for hydroxylation is 1. The minimum absolute atomic E-state index is 0.0268.